The first-order chi connectivity index (χ1) is 8.70. The standard InChI is InChI=1S/C15H20O3/c1-2-4-11-7-9-12(10-8-11)18-14-6-3-5-13(14)15(16)17/h7-10,13-14H,2-6H2,1H3,(H,16,17). The minimum absolute atomic E-state index is 0.167. The van der Waals surface area contributed by atoms with Gasteiger partial charge in [-0.3, -0.25) is 4.79 Å². The molecular weight excluding hydrogens is 228 g/mol. The average molecular weight is 248 g/mol. The number of carboxylic acid groups (broad SMARTS) is 1. The van der Waals surface area contributed by atoms with Gasteiger partial charge in [0.15, 0.2) is 0 Å². The van der Waals surface area contributed by atoms with Crippen molar-refractivity contribution in [2.45, 2.75) is 45.1 Å². The highest BCUT2D eigenvalue weighted by Gasteiger charge is 2.34. The fourth-order valence-corrected chi connectivity index (χ4v) is 2.55. The highest BCUT2D eigenvalue weighted by atomic mass is 16.5. The molecule has 0 radical (unpaired) electrons. The van der Waals surface area contributed by atoms with Crippen molar-refractivity contribution in [2.75, 3.05) is 0 Å². The second kappa shape index (κ2) is 5.89. The first-order valence-corrected chi connectivity index (χ1v) is 6.69. The summed E-state index contributed by atoms with van der Waals surface area (Å²) in [6.45, 7) is 2.15. The quantitative estimate of drug-likeness (QED) is 0.869. The minimum atomic E-state index is -0.736. The van der Waals surface area contributed by atoms with Gasteiger partial charge < -0.3 is 9.84 Å². The summed E-state index contributed by atoms with van der Waals surface area (Å²) in [6, 6.07) is 8.01. The second-order valence-electron chi connectivity index (χ2n) is 4.93. The summed E-state index contributed by atoms with van der Waals surface area (Å²) in [7, 11) is 0. The fourth-order valence-electron chi connectivity index (χ4n) is 2.55. The van der Waals surface area contributed by atoms with Crippen molar-refractivity contribution in [1.29, 1.82) is 0 Å². The molecule has 98 valence electrons. The number of ether oxygens (including phenoxy) is 1. The van der Waals surface area contributed by atoms with Crippen molar-refractivity contribution in [1.82, 2.24) is 0 Å². The van der Waals surface area contributed by atoms with Gasteiger partial charge in [0.25, 0.3) is 0 Å². The minimum Gasteiger partial charge on any atom is -0.490 e. The zero-order valence-electron chi connectivity index (χ0n) is 10.8. The van der Waals surface area contributed by atoms with E-state index in [4.69, 9.17) is 9.84 Å². The summed E-state index contributed by atoms with van der Waals surface area (Å²) in [4.78, 5) is 11.1. The third-order valence-corrected chi connectivity index (χ3v) is 3.52. The molecule has 3 heteroatoms. The van der Waals surface area contributed by atoms with Crippen molar-refractivity contribution >= 4 is 5.97 Å². The van der Waals surface area contributed by atoms with Gasteiger partial charge in [-0.05, 0) is 43.4 Å². The first kappa shape index (κ1) is 12.9. The number of rotatable bonds is 5. The van der Waals surface area contributed by atoms with Crippen LogP contribution in [0.2, 0.25) is 0 Å². The normalized spacial score (nSPS) is 22.9. The van der Waals surface area contributed by atoms with Crippen LogP contribution in [0, 0.1) is 5.92 Å². The van der Waals surface area contributed by atoms with Crippen LogP contribution in [0.15, 0.2) is 24.3 Å². The van der Waals surface area contributed by atoms with E-state index in [2.05, 4.69) is 19.1 Å². The summed E-state index contributed by atoms with van der Waals surface area (Å²) < 4.78 is 5.80. The number of aryl methyl sites for hydroxylation is 1. The van der Waals surface area contributed by atoms with E-state index >= 15 is 0 Å². The van der Waals surface area contributed by atoms with E-state index in [0.717, 1.165) is 37.9 Å². The molecule has 2 unspecified atom stereocenters. The molecule has 1 aliphatic rings. The van der Waals surface area contributed by atoms with Crippen LogP contribution in [0.5, 0.6) is 5.75 Å². The largest absolute Gasteiger partial charge is 0.490 e. The Morgan fingerprint density at radius 3 is 2.67 bits per heavy atom. The van der Waals surface area contributed by atoms with Crippen LogP contribution >= 0.6 is 0 Å². The fraction of sp³-hybridized carbons (Fsp3) is 0.533. The molecule has 1 fully saturated rings. The average Bonchev–Trinajstić information content (AvgIpc) is 2.80. The Labute approximate surface area is 108 Å². The molecule has 0 amide bonds. The third kappa shape index (κ3) is 3.03. The molecule has 0 heterocycles. The van der Waals surface area contributed by atoms with Gasteiger partial charge in [0.05, 0.1) is 5.92 Å². The number of carbonyl (C=O) groups is 1. The Morgan fingerprint density at radius 2 is 2.06 bits per heavy atom. The first-order valence-electron chi connectivity index (χ1n) is 6.69. The maximum atomic E-state index is 11.1. The van der Waals surface area contributed by atoms with Crippen LogP contribution in [0.3, 0.4) is 0 Å². The molecular formula is C15H20O3. The predicted molar refractivity (Wildman–Crippen MR) is 69.8 cm³/mol. The summed E-state index contributed by atoms with van der Waals surface area (Å²) in [5.41, 5.74) is 1.30. The van der Waals surface area contributed by atoms with Crippen LogP contribution < -0.4 is 4.74 Å². The van der Waals surface area contributed by atoms with E-state index in [0.29, 0.717) is 0 Å². The maximum Gasteiger partial charge on any atom is 0.310 e. The lowest BCUT2D eigenvalue weighted by molar-refractivity contribution is -0.143. The van der Waals surface area contributed by atoms with Gasteiger partial charge in [0, 0.05) is 0 Å². The van der Waals surface area contributed by atoms with Crippen LogP contribution in [0.25, 0.3) is 0 Å². The molecule has 2 atom stereocenters. The van der Waals surface area contributed by atoms with Gasteiger partial charge in [-0.25, -0.2) is 0 Å². The van der Waals surface area contributed by atoms with Crippen molar-refractivity contribution < 1.29 is 14.6 Å². The number of hydrogen-bond donors (Lipinski definition) is 1. The van der Waals surface area contributed by atoms with Gasteiger partial charge in [-0.2, -0.15) is 0 Å². The smallest absolute Gasteiger partial charge is 0.310 e. The van der Waals surface area contributed by atoms with Gasteiger partial charge in [-0.15, -0.1) is 0 Å². The van der Waals surface area contributed by atoms with E-state index in [1.165, 1.54) is 5.56 Å². The highest BCUT2D eigenvalue weighted by molar-refractivity contribution is 5.71. The molecule has 0 saturated heterocycles. The zero-order chi connectivity index (χ0) is 13.0. The molecule has 0 aromatic heterocycles. The lowest BCUT2D eigenvalue weighted by Crippen LogP contribution is -2.27. The lowest BCUT2D eigenvalue weighted by atomic mass is 10.1. The maximum absolute atomic E-state index is 11.1. The Morgan fingerprint density at radius 1 is 1.33 bits per heavy atom. The van der Waals surface area contributed by atoms with E-state index in [1.54, 1.807) is 0 Å². The van der Waals surface area contributed by atoms with Crippen LogP contribution in [-0.4, -0.2) is 17.2 Å². The molecule has 1 aliphatic carbocycles. The SMILES string of the molecule is CCCc1ccc(OC2CCCC2C(=O)O)cc1. The van der Waals surface area contributed by atoms with Crippen molar-refractivity contribution in [2.24, 2.45) is 5.92 Å². The summed E-state index contributed by atoms with van der Waals surface area (Å²) >= 11 is 0. The molecule has 1 saturated carbocycles. The number of benzene rings is 1. The highest BCUT2D eigenvalue weighted by Crippen LogP contribution is 2.30. The van der Waals surface area contributed by atoms with Crippen molar-refractivity contribution in [3.63, 3.8) is 0 Å². The molecule has 1 N–H and O–H groups in total. The van der Waals surface area contributed by atoms with E-state index in [-0.39, 0.29) is 12.0 Å². The molecule has 0 spiro atoms. The van der Waals surface area contributed by atoms with Gasteiger partial charge in [0.2, 0.25) is 0 Å². The molecule has 1 aromatic rings. The van der Waals surface area contributed by atoms with E-state index in [1.807, 2.05) is 12.1 Å². The molecule has 0 bridgehead atoms. The third-order valence-electron chi connectivity index (χ3n) is 3.52. The Balaban J connectivity index is 1.98. The van der Waals surface area contributed by atoms with Crippen molar-refractivity contribution in [3.05, 3.63) is 29.8 Å². The van der Waals surface area contributed by atoms with Gasteiger partial charge in [-0.1, -0.05) is 25.5 Å². The van der Waals surface area contributed by atoms with Crippen molar-refractivity contribution in [3.8, 4) is 5.75 Å². The van der Waals surface area contributed by atoms with Gasteiger partial charge >= 0.3 is 5.97 Å². The molecule has 3 nitrogen and oxygen atoms in total. The number of hydrogen-bond acceptors (Lipinski definition) is 2. The van der Waals surface area contributed by atoms with Crippen LogP contribution in [0.1, 0.15) is 38.2 Å². The molecule has 2 rings (SSSR count). The topological polar surface area (TPSA) is 46.5 Å². The number of carboxylic acids is 1. The van der Waals surface area contributed by atoms with Crippen LogP contribution in [-0.2, 0) is 11.2 Å². The van der Waals surface area contributed by atoms with E-state index in [9.17, 15) is 4.79 Å². The van der Waals surface area contributed by atoms with E-state index < -0.39 is 5.97 Å². The molecule has 18 heavy (non-hydrogen) atoms. The predicted octanol–water partition coefficient (Wildman–Crippen LogP) is 3.27. The summed E-state index contributed by atoms with van der Waals surface area (Å²) in [5.74, 6) is -0.298. The van der Waals surface area contributed by atoms with Gasteiger partial charge in [0.1, 0.15) is 11.9 Å². The lowest BCUT2D eigenvalue weighted by Gasteiger charge is -2.18. The Hall–Kier alpha value is -1.51. The Bertz CT molecular complexity index is 397. The molecule has 0 aliphatic heterocycles. The summed E-state index contributed by atoms with van der Waals surface area (Å²) in [5, 5.41) is 9.10. The zero-order valence-corrected chi connectivity index (χ0v) is 10.8. The van der Waals surface area contributed by atoms with Crippen LogP contribution in [0.4, 0.5) is 0 Å². The monoisotopic (exact) mass is 248 g/mol. The second-order valence-corrected chi connectivity index (χ2v) is 4.93. The molecule has 1 aromatic carbocycles. The summed E-state index contributed by atoms with van der Waals surface area (Å²) in [6.07, 6.45) is 4.54. The Kier molecular flexibility index (Phi) is 4.24. The number of aliphatic carboxylic acids is 1.